The predicted octanol–water partition coefficient (Wildman–Crippen LogP) is 2.57. The van der Waals surface area contributed by atoms with Crippen LogP contribution in [0.4, 0.5) is 0 Å². The van der Waals surface area contributed by atoms with E-state index in [0.717, 1.165) is 12.5 Å². The summed E-state index contributed by atoms with van der Waals surface area (Å²) >= 11 is 0. The van der Waals surface area contributed by atoms with Crippen LogP contribution in [0.15, 0.2) is 30.3 Å². The van der Waals surface area contributed by atoms with Gasteiger partial charge in [-0.3, -0.25) is 0 Å². The highest BCUT2D eigenvalue weighted by molar-refractivity contribution is 5.14. The van der Waals surface area contributed by atoms with Crippen LogP contribution in [0.3, 0.4) is 0 Å². The molecule has 1 aromatic rings. The van der Waals surface area contributed by atoms with E-state index in [1.807, 2.05) is 0 Å². The van der Waals surface area contributed by atoms with Gasteiger partial charge in [-0.15, -0.1) is 0 Å². The van der Waals surface area contributed by atoms with Crippen molar-refractivity contribution in [3.63, 3.8) is 0 Å². The quantitative estimate of drug-likeness (QED) is 0.741. The van der Waals surface area contributed by atoms with Crippen LogP contribution in [-0.4, -0.2) is 6.04 Å². The van der Waals surface area contributed by atoms with Gasteiger partial charge in [-0.1, -0.05) is 30.3 Å². The summed E-state index contributed by atoms with van der Waals surface area (Å²) < 4.78 is 0. The summed E-state index contributed by atoms with van der Waals surface area (Å²) in [4.78, 5) is 0. The Bertz CT molecular complexity index is 251. The molecule has 1 aliphatic carbocycles. The molecule has 1 saturated carbocycles. The fraction of sp³-hybridized carbons (Fsp3) is 0.500. The van der Waals surface area contributed by atoms with E-state index >= 15 is 0 Å². The maximum atomic E-state index is 3.56. The molecule has 0 amide bonds. The normalized spacial score (nSPS) is 18.5. The van der Waals surface area contributed by atoms with Gasteiger partial charge in [-0.05, 0) is 31.2 Å². The third-order valence-corrected chi connectivity index (χ3v) is 2.80. The maximum absolute atomic E-state index is 3.56. The van der Waals surface area contributed by atoms with Gasteiger partial charge in [0, 0.05) is 12.6 Å². The molecule has 0 radical (unpaired) electrons. The summed E-state index contributed by atoms with van der Waals surface area (Å²) in [7, 11) is 0. The van der Waals surface area contributed by atoms with E-state index in [0.29, 0.717) is 6.04 Å². The SMILES string of the molecule is C[C@@H](NCc1ccccc1)C1CC1. The van der Waals surface area contributed by atoms with E-state index in [1.54, 1.807) is 0 Å². The summed E-state index contributed by atoms with van der Waals surface area (Å²) in [5.74, 6) is 0.948. The van der Waals surface area contributed by atoms with E-state index in [4.69, 9.17) is 0 Å². The highest BCUT2D eigenvalue weighted by Gasteiger charge is 2.27. The molecule has 1 fully saturated rings. The largest absolute Gasteiger partial charge is 0.310 e. The number of rotatable bonds is 4. The predicted molar refractivity (Wildman–Crippen MR) is 55.5 cm³/mol. The molecule has 2 rings (SSSR count). The second-order valence-corrected chi connectivity index (χ2v) is 3.99. The number of nitrogens with one attached hydrogen (secondary N) is 1. The Balaban J connectivity index is 1.78. The number of hydrogen-bond acceptors (Lipinski definition) is 1. The minimum Gasteiger partial charge on any atom is -0.310 e. The molecule has 1 heteroatoms. The molecule has 0 aromatic heterocycles. The Morgan fingerprint density at radius 3 is 2.62 bits per heavy atom. The van der Waals surface area contributed by atoms with Crippen LogP contribution < -0.4 is 5.32 Å². The fourth-order valence-electron chi connectivity index (χ4n) is 1.64. The lowest BCUT2D eigenvalue weighted by atomic mass is 10.2. The van der Waals surface area contributed by atoms with Crippen LogP contribution in [0.1, 0.15) is 25.3 Å². The molecule has 13 heavy (non-hydrogen) atoms. The van der Waals surface area contributed by atoms with Crippen LogP contribution in [0.2, 0.25) is 0 Å². The van der Waals surface area contributed by atoms with Gasteiger partial charge < -0.3 is 5.32 Å². The molecular weight excluding hydrogens is 158 g/mol. The van der Waals surface area contributed by atoms with Crippen molar-refractivity contribution in [3.8, 4) is 0 Å². The summed E-state index contributed by atoms with van der Waals surface area (Å²) in [5.41, 5.74) is 1.38. The first kappa shape index (κ1) is 8.76. The summed E-state index contributed by atoms with van der Waals surface area (Å²) in [5, 5.41) is 3.56. The zero-order valence-electron chi connectivity index (χ0n) is 8.16. The second kappa shape index (κ2) is 3.93. The van der Waals surface area contributed by atoms with Crippen molar-refractivity contribution < 1.29 is 0 Å². The fourth-order valence-corrected chi connectivity index (χ4v) is 1.64. The van der Waals surface area contributed by atoms with Gasteiger partial charge in [0.05, 0.1) is 0 Å². The molecule has 70 valence electrons. The van der Waals surface area contributed by atoms with Gasteiger partial charge in [-0.2, -0.15) is 0 Å². The second-order valence-electron chi connectivity index (χ2n) is 3.99. The van der Waals surface area contributed by atoms with Crippen molar-refractivity contribution in [1.82, 2.24) is 5.32 Å². The summed E-state index contributed by atoms with van der Waals surface area (Å²) in [6.07, 6.45) is 2.84. The molecule has 0 spiro atoms. The molecule has 1 aromatic carbocycles. The first-order chi connectivity index (χ1) is 6.36. The Morgan fingerprint density at radius 2 is 2.00 bits per heavy atom. The number of benzene rings is 1. The third-order valence-electron chi connectivity index (χ3n) is 2.80. The minimum atomic E-state index is 0.695. The number of hydrogen-bond donors (Lipinski definition) is 1. The Hall–Kier alpha value is -0.820. The van der Waals surface area contributed by atoms with E-state index in [2.05, 4.69) is 42.6 Å². The molecule has 1 nitrogen and oxygen atoms in total. The monoisotopic (exact) mass is 175 g/mol. The van der Waals surface area contributed by atoms with E-state index in [1.165, 1.54) is 18.4 Å². The molecule has 0 unspecified atom stereocenters. The van der Waals surface area contributed by atoms with Crippen LogP contribution in [-0.2, 0) is 6.54 Å². The lowest BCUT2D eigenvalue weighted by Gasteiger charge is -2.12. The Morgan fingerprint density at radius 1 is 1.31 bits per heavy atom. The van der Waals surface area contributed by atoms with Gasteiger partial charge >= 0.3 is 0 Å². The maximum Gasteiger partial charge on any atom is 0.0208 e. The van der Waals surface area contributed by atoms with Gasteiger partial charge in [0.15, 0.2) is 0 Å². The Kier molecular flexibility index (Phi) is 2.65. The average molecular weight is 175 g/mol. The van der Waals surface area contributed by atoms with E-state index < -0.39 is 0 Å². The van der Waals surface area contributed by atoms with Crippen LogP contribution in [0.25, 0.3) is 0 Å². The zero-order chi connectivity index (χ0) is 9.10. The van der Waals surface area contributed by atoms with Gasteiger partial charge in [0.1, 0.15) is 0 Å². The van der Waals surface area contributed by atoms with Crippen LogP contribution in [0.5, 0.6) is 0 Å². The summed E-state index contributed by atoms with van der Waals surface area (Å²) in [6.45, 7) is 3.30. The summed E-state index contributed by atoms with van der Waals surface area (Å²) in [6, 6.07) is 11.3. The van der Waals surface area contributed by atoms with Crippen molar-refractivity contribution in [3.05, 3.63) is 35.9 Å². The molecule has 0 heterocycles. The molecule has 1 atom stereocenters. The van der Waals surface area contributed by atoms with Crippen LogP contribution in [0, 0.1) is 5.92 Å². The van der Waals surface area contributed by atoms with Crippen molar-refractivity contribution in [2.45, 2.75) is 32.4 Å². The minimum absolute atomic E-state index is 0.695. The van der Waals surface area contributed by atoms with Crippen molar-refractivity contribution in [2.75, 3.05) is 0 Å². The highest BCUT2D eigenvalue weighted by Crippen LogP contribution is 2.32. The standard InChI is InChI=1S/C12H17N/c1-10(12-7-8-12)13-9-11-5-3-2-4-6-11/h2-6,10,12-13H,7-9H2,1H3/t10-/m1/s1. The van der Waals surface area contributed by atoms with Crippen molar-refractivity contribution >= 4 is 0 Å². The van der Waals surface area contributed by atoms with Gasteiger partial charge in [0.25, 0.3) is 0 Å². The van der Waals surface area contributed by atoms with Gasteiger partial charge in [-0.25, -0.2) is 0 Å². The molecule has 0 aliphatic heterocycles. The zero-order valence-corrected chi connectivity index (χ0v) is 8.16. The average Bonchev–Trinajstić information content (AvgIpc) is 2.99. The Labute approximate surface area is 80.2 Å². The van der Waals surface area contributed by atoms with Crippen molar-refractivity contribution in [2.24, 2.45) is 5.92 Å². The lowest BCUT2D eigenvalue weighted by Crippen LogP contribution is -2.27. The highest BCUT2D eigenvalue weighted by atomic mass is 14.9. The topological polar surface area (TPSA) is 12.0 Å². The third kappa shape index (κ3) is 2.56. The smallest absolute Gasteiger partial charge is 0.0208 e. The first-order valence-electron chi connectivity index (χ1n) is 5.13. The molecule has 1 aliphatic rings. The van der Waals surface area contributed by atoms with Crippen LogP contribution >= 0.6 is 0 Å². The molecule has 1 N–H and O–H groups in total. The molecular formula is C12H17N. The lowest BCUT2D eigenvalue weighted by molar-refractivity contribution is 0.496. The van der Waals surface area contributed by atoms with E-state index in [9.17, 15) is 0 Å². The van der Waals surface area contributed by atoms with Gasteiger partial charge in [0.2, 0.25) is 0 Å². The van der Waals surface area contributed by atoms with Crippen molar-refractivity contribution in [1.29, 1.82) is 0 Å². The molecule has 0 bridgehead atoms. The first-order valence-corrected chi connectivity index (χ1v) is 5.13. The van der Waals surface area contributed by atoms with E-state index in [-0.39, 0.29) is 0 Å². The molecule has 0 saturated heterocycles.